The van der Waals surface area contributed by atoms with Gasteiger partial charge in [0.1, 0.15) is 5.58 Å². The molecule has 154 valence electrons. The fourth-order valence-corrected chi connectivity index (χ4v) is 5.09. The number of halogens is 1. The Morgan fingerprint density at radius 3 is 2.69 bits per heavy atom. The second kappa shape index (κ2) is 6.64. The fraction of sp³-hybridized carbons (Fsp3) is 0.524. The van der Waals surface area contributed by atoms with Gasteiger partial charge in [0, 0.05) is 18.1 Å². The van der Waals surface area contributed by atoms with Crippen LogP contribution in [-0.2, 0) is 10.3 Å². The zero-order valence-corrected chi connectivity index (χ0v) is 17.1. The largest absolute Gasteiger partial charge is 0.450 e. The van der Waals surface area contributed by atoms with Gasteiger partial charge in [0.05, 0.1) is 28.4 Å². The number of carbonyl (C=O) groups is 2. The lowest BCUT2D eigenvalue weighted by atomic mass is 9.74. The first-order chi connectivity index (χ1) is 14.0. The van der Waals surface area contributed by atoms with Crippen molar-refractivity contribution < 1.29 is 18.7 Å². The molecule has 0 radical (unpaired) electrons. The molecule has 8 heteroatoms. The normalized spacial score (nSPS) is 21.4. The highest BCUT2D eigenvalue weighted by Gasteiger charge is 2.46. The summed E-state index contributed by atoms with van der Waals surface area (Å²) < 4.78 is 11.3. The molecule has 0 saturated heterocycles. The van der Waals surface area contributed by atoms with E-state index in [2.05, 4.69) is 16.0 Å². The van der Waals surface area contributed by atoms with Gasteiger partial charge in [-0.2, -0.15) is 0 Å². The number of ether oxygens (including phenoxy) is 1. The zero-order valence-electron chi connectivity index (χ0n) is 16.3. The summed E-state index contributed by atoms with van der Waals surface area (Å²) in [4.78, 5) is 25.2. The molecule has 2 aromatic rings. The van der Waals surface area contributed by atoms with E-state index in [1.807, 2.05) is 0 Å². The minimum Gasteiger partial charge on any atom is -0.450 e. The first-order valence-electron chi connectivity index (χ1n) is 10.1. The summed E-state index contributed by atoms with van der Waals surface area (Å²) in [6, 6.07) is 3.23. The van der Waals surface area contributed by atoms with Crippen LogP contribution in [0.1, 0.15) is 61.1 Å². The predicted octanol–water partition coefficient (Wildman–Crippen LogP) is 4.29. The van der Waals surface area contributed by atoms with Crippen LogP contribution in [0.2, 0.25) is 5.02 Å². The van der Waals surface area contributed by atoms with Gasteiger partial charge in [0.25, 0.3) is 5.91 Å². The lowest BCUT2D eigenvalue weighted by Crippen LogP contribution is -2.52. The minimum atomic E-state index is -0.515. The lowest BCUT2D eigenvalue weighted by Gasteiger charge is -2.42. The van der Waals surface area contributed by atoms with Crippen molar-refractivity contribution in [3.63, 3.8) is 0 Å². The van der Waals surface area contributed by atoms with E-state index in [0.717, 1.165) is 55.9 Å². The van der Waals surface area contributed by atoms with Crippen LogP contribution in [0.25, 0.3) is 11.0 Å². The second-order valence-electron chi connectivity index (χ2n) is 8.53. The number of benzene rings is 1. The first-order valence-corrected chi connectivity index (χ1v) is 10.5. The summed E-state index contributed by atoms with van der Waals surface area (Å²) in [7, 11) is 1.63. The molecule has 3 aliphatic rings. The number of hydrogen-bond acceptors (Lipinski definition) is 4. The molecule has 2 heterocycles. The van der Waals surface area contributed by atoms with E-state index < -0.39 is 5.54 Å². The molecule has 0 atom stereocenters. The van der Waals surface area contributed by atoms with Crippen LogP contribution in [-0.4, -0.2) is 31.2 Å². The third-order valence-corrected chi connectivity index (χ3v) is 6.71. The fourth-order valence-electron chi connectivity index (χ4n) is 4.83. The Kier molecular flexibility index (Phi) is 4.29. The van der Waals surface area contributed by atoms with Gasteiger partial charge in [-0.1, -0.05) is 30.9 Å². The van der Waals surface area contributed by atoms with Crippen molar-refractivity contribution >= 4 is 40.2 Å². The average Bonchev–Trinajstić information content (AvgIpc) is 3.30. The van der Waals surface area contributed by atoms with Gasteiger partial charge >= 0.3 is 6.03 Å². The van der Waals surface area contributed by atoms with E-state index in [1.54, 1.807) is 19.2 Å². The summed E-state index contributed by atoms with van der Waals surface area (Å²) in [5, 5.41) is 10.2. The molecule has 3 amide bonds. The molecule has 2 saturated carbocycles. The number of amides is 3. The molecule has 29 heavy (non-hydrogen) atoms. The van der Waals surface area contributed by atoms with Crippen molar-refractivity contribution in [1.29, 1.82) is 0 Å². The van der Waals surface area contributed by atoms with Crippen molar-refractivity contribution in [3.8, 4) is 0 Å². The highest BCUT2D eigenvalue weighted by atomic mass is 35.5. The molecule has 5 rings (SSSR count). The number of methoxy groups -OCH3 is 1. The van der Waals surface area contributed by atoms with Gasteiger partial charge in [-0.05, 0) is 37.8 Å². The third kappa shape index (κ3) is 3.07. The van der Waals surface area contributed by atoms with Crippen LogP contribution in [0.5, 0.6) is 0 Å². The highest BCUT2D eigenvalue weighted by Crippen LogP contribution is 2.49. The summed E-state index contributed by atoms with van der Waals surface area (Å²) in [6.45, 7) is 0.485. The number of nitrogens with one attached hydrogen (secondary N) is 3. The molecule has 1 spiro atoms. The maximum Gasteiger partial charge on any atom is 0.319 e. The van der Waals surface area contributed by atoms with Gasteiger partial charge in [-0.15, -0.1) is 0 Å². The molecule has 2 fully saturated rings. The van der Waals surface area contributed by atoms with E-state index >= 15 is 0 Å². The van der Waals surface area contributed by atoms with E-state index in [0.29, 0.717) is 22.9 Å². The highest BCUT2D eigenvalue weighted by molar-refractivity contribution is 6.35. The minimum absolute atomic E-state index is 0.245. The summed E-state index contributed by atoms with van der Waals surface area (Å²) in [5.41, 5.74) is 1.25. The third-order valence-electron chi connectivity index (χ3n) is 6.41. The maximum atomic E-state index is 12.8. The molecule has 1 aromatic heterocycles. The van der Waals surface area contributed by atoms with E-state index in [4.69, 9.17) is 20.8 Å². The van der Waals surface area contributed by atoms with Crippen molar-refractivity contribution in [3.05, 3.63) is 28.5 Å². The molecule has 3 N–H and O–H groups in total. The van der Waals surface area contributed by atoms with Gasteiger partial charge in [-0.3, -0.25) is 4.79 Å². The summed E-state index contributed by atoms with van der Waals surface area (Å²) in [6.07, 6.45) is 6.60. The number of hydrogen-bond donors (Lipinski definition) is 3. The number of carbonyl (C=O) groups excluding carboxylic acids is 2. The quantitative estimate of drug-likeness (QED) is 0.691. The van der Waals surface area contributed by atoms with Crippen LogP contribution >= 0.6 is 11.6 Å². The second-order valence-corrected chi connectivity index (χ2v) is 8.93. The van der Waals surface area contributed by atoms with Crippen LogP contribution in [0, 0.1) is 0 Å². The average molecular weight is 418 g/mol. The van der Waals surface area contributed by atoms with Gasteiger partial charge in [0.15, 0.2) is 5.76 Å². The lowest BCUT2D eigenvalue weighted by molar-refractivity contribution is 0.0856. The molecule has 0 unspecified atom stereocenters. The molecule has 7 nitrogen and oxygen atoms in total. The van der Waals surface area contributed by atoms with Crippen LogP contribution in [0.4, 0.5) is 10.5 Å². The van der Waals surface area contributed by atoms with Crippen molar-refractivity contribution in [2.75, 3.05) is 19.0 Å². The Hall–Kier alpha value is -2.25. The Morgan fingerprint density at radius 2 is 2.00 bits per heavy atom. The molecule has 1 aliphatic heterocycles. The Morgan fingerprint density at radius 1 is 1.24 bits per heavy atom. The van der Waals surface area contributed by atoms with Crippen molar-refractivity contribution in [1.82, 2.24) is 10.6 Å². The number of furan rings is 1. The first kappa shape index (κ1) is 18.8. The smallest absolute Gasteiger partial charge is 0.319 e. The van der Waals surface area contributed by atoms with E-state index in [-0.39, 0.29) is 23.2 Å². The number of rotatable bonds is 4. The summed E-state index contributed by atoms with van der Waals surface area (Å²) >= 11 is 6.53. The van der Waals surface area contributed by atoms with Gasteiger partial charge < -0.3 is 25.1 Å². The molecule has 2 aliphatic carbocycles. The number of anilines is 1. The van der Waals surface area contributed by atoms with Crippen LogP contribution in [0.15, 0.2) is 16.5 Å². The molecular weight excluding hydrogens is 394 g/mol. The van der Waals surface area contributed by atoms with Crippen LogP contribution in [0.3, 0.4) is 0 Å². The van der Waals surface area contributed by atoms with Gasteiger partial charge in [0.2, 0.25) is 0 Å². The monoisotopic (exact) mass is 417 g/mol. The molecule has 0 bridgehead atoms. The topological polar surface area (TPSA) is 92.6 Å². The maximum absolute atomic E-state index is 12.8. The van der Waals surface area contributed by atoms with E-state index in [1.165, 1.54) is 0 Å². The molecule has 1 aromatic carbocycles. The van der Waals surface area contributed by atoms with Gasteiger partial charge in [-0.25, -0.2) is 4.79 Å². The standard InChI is InChI=1S/C21H24ClN3O4/c1-28-11-20(7-8-20)24-18(26)14-10-12-9-13(22)16-15(17(12)29-14)21(25-19(27)23-16)5-3-2-4-6-21/h9-10H,2-8,11H2,1H3,(H,24,26)(H2,23,25,27). The Labute approximate surface area is 173 Å². The SMILES string of the molecule is COCC1(NC(=O)c2cc3cc(Cl)c4c(c3o2)C2(CCCCC2)NC(=O)N4)CC1. The van der Waals surface area contributed by atoms with E-state index in [9.17, 15) is 9.59 Å². The predicted molar refractivity (Wildman–Crippen MR) is 109 cm³/mol. The van der Waals surface area contributed by atoms with Crippen LogP contribution < -0.4 is 16.0 Å². The van der Waals surface area contributed by atoms with Crippen molar-refractivity contribution in [2.45, 2.75) is 56.0 Å². The zero-order chi connectivity index (χ0) is 20.2. The Bertz CT molecular complexity index is 1010. The number of urea groups is 1. The van der Waals surface area contributed by atoms with Crippen molar-refractivity contribution in [2.24, 2.45) is 0 Å². The number of fused-ring (bicyclic) bond motifs is 4. The summed E-state index contributed by atoms with van der Waals surface area (Å²) in [5.74, 6) is -0.0131. The molecular formula is C21H24ClN3O4. The Balaban J connectivity index is 1.59.